The highest BCUT2D eigenvalue weighted by Crippen LogP contribution is 2.28. The minimum absolute atomic E-state index is 0.0135. The second-order valence-electron chi connectivity index (χ2n) is 18.2. The van der Waals surface area contributed by atoms with E-state index in [1.165, 1.54) is 8.61 Å². The minimum atomic E-state index is -3.57. The molecule has 8 rings (SSSR count). The third-order valence-corrected chi connectivity index (χ3v) is 19.4. The van der Waals surface area contributed by atoms with E-state index in [1.54, 1.807) is 94.1 Å². The number of para-hydroxylation sites is 1. The van der Waals surface area contributed by atoms with Gasteiger partial charge in [0, 0.05) is 37.5 Å². The van der Waals surface area contributed by atoms with E-state index in [4.69, 9.17) is 9.47 Å². The van der Waals surface area contributed by atoms with Crippen LogP contribution in [0, 0.1) is 6.92 Å². The number of hydrogen-bond donors (Lipinski definition) is 1. The van der Waals surface area contributed by atoms with Crippen LogP contribution in [0.15, 0.2) is 208 Å². The molecule has 13 nitrogen and oxygen atoms in total. The molecule has 0 aliphatic rings. The Morgan fingerprint density at radius 1 is 0.462 bits per heavy atom. The quantitative estimate of drug-likeness (QED) is 0.0682. The van der Waals surface area contributed by atoms with Gasteiger partial charge in [-0.15, -0.1) is 0 Å². The molecular formula is C61H73N3O10S4. The number of aryl methyl sites for hydroxylation is 1. The molecule has 0 aliphatic heterocycles. The molecule has 0 radical (unpaired) electrons. The van der Waals surface area contributed by atoms with Crippen LogP contribution in [0.25, 0.3) is 21.5 Å². The standard InChI is InChI=1S/C17H21NO3S.C15H19NO2S.C15H16O3S.C14H17NO2S/c1-3-4-14-18(15-8-6-5-7-9-15)22(19,20)17-12-10-16(21-2)11-13-17;1-3-4-12-16(2)19(17,18)15-11-7-9-13-8-5-6-10-14(13)15;1-12-3-5-13(6-4-12)11-19(16,17)15-9-7-14(18-2)8-10-15;1-2-3-11-15-18(16,17)14-10-6-8-12-7-4-5-9-13(12)14/h5-13H,3-4,14H2,1-2H3;5-11H,3-4,12H2,1-2H3;3-10H,11H2,1-2H3;4-10,15H,2-3,11H2,1H3. The number of sulfonamides is 3. The van der Waals surface area contributed by atoms with Crippen molar-refractivity contribution in [2.75, 3.05) is 45.2 Å². The first-order valence-corrected chi connectivity index (χ1v) is 31.9. The third kappa shape index (κ3) is 17.5. The number of methoxy groups -OCH3 is 2. The summed E-state index contributed by atoms with van der Waals surface area (Å²) in [4.78, 5) is 1.34. The number of benzene rings is 8. The summed E-state index contributed by atoms with van der Waals surface area (Å²) in [5, 5.41) is 3.45. The van der Waals surface area contributed by atoms with Crippen LogP contribution in [0.5, 0.6) is 11.5 Å². The lowest BCUT2D eigenvalue weighted by Gasteiger charge is -2.24. The highest BCUT2D eigenvalue weighted by molar-refractivity contribution is 7.93. The summed E-state index contributed by atoms with van der Waals surface area (Å²) in [7, 11) is -8.94. The predicted molar refractivity (Wildman–Crippen MR) is 317 cm³/mol. The van der Waals surface area contributed by atoms with Crippen LogP contribution in [0.3, 0.4) is 0 Å². The van der Waals surface area contributed by atoms with Crippen molar-refractivity contribution in [3.8, 4) is 11.5 Å². The molecule has 0 saturated carbocycles. The third-order valence-electron chi connectivity index (χ3n) is 12.4. The topological polar surface area (TPSA) is 174 Å². The van der Waals surface area contributed by atoms with Gasteiger partial charge in [0.15, 0.2) is 9.84 Å². The first-order chi connectivity index (χ1) is 37.3. The summed E-state index contributed by atoms with van der Waals surface area (Å²) in [6.45, 7) is 9.62. The Morgan fingerprint density at radius 2 is 0.923 bits per heavy atom. The molecule has 0 spiro atoms. The van der Waals surface area contributed by atoms with E-state index in [-0.39, 0.29) is 10.6 Å². The Bertz CT molecular complexity index is 3570. The maximum atomic E-state index is 12.9. The molecule has 17 heteroatoms. The van der Waals surface area contributed by atoms with Gasteiger partial charge in [0.05, 0.1) is 45.2 Å². The largest absolute Gasteiger partial charge is 0.497 e. The molecule has 0 aliphatic carbocycles. The molecule has 0 amide bonds. The summed E-state index contributed by atoms with van der Waals surface area (Å²) in [6.07, 6.45) is 5.42. The number of nitrogens with zero attached hydrogens (tertiary/aromatic N) is 2. The Morgan fingerprint density at radius 3 is 1.45 bits per heavy atom. The summed E-state index contributed by atoms with van der Waals surface area (Å²) in [6, 6.07) is 55.5. The van der Waals surface area contributed by atoms with Crippen LogP contribution in [0.4, 0.5) is 5.69 Å². The van der Waals surface area contributed by atoms with Crippen molar-refractivity contribution >= 4 is 67.1 Å². The van der Waals surface area contributed by atoms with Crippen molar-refractivity contribution in [2.24, 2.45) is 0 Å². The van der Waals surface area contributed by atoms with Gasteiger partial charge in [-0.1, -0.05) is 161 Å². The lowest BCUT2D eigenvalue weighted by molar-refractivity contribution is 0.414. The molecular weight excluding hydrogens is 1060 g/mol. The van der Waals surface area contributed by atoms with Crippen LogP contribution in [-0.4, -0.2) is 78.9 Å². The van der Waals surface area contributed by atoms with E-state index in [1.807, 2.05) is 136 Å². The van der Waals surface area contributed by atoms with Gasteiger partial charge in [-0.25, -0.2) is 42.7 Å². The fourth-order valence-electron chi connectivity index (χ4n) is 7.91. The predicted octanol–water partition coefficient (Wildman–Crippen LogP) is 12.8. The molecule has 0 unspecified atom stereocenters. The molecule has 0 fully saturated rings. The van der Waals surface area contributed by atoms with E-state index in [0.717, 1.165) is 71.2 Å². The summed E-state index contributed by atoms with van der Waals surface area (Å²) in [5.74, 6) is 1.30. The molecule has 1 N–H and O–H groups in total. The smallest absolute Gasteiger partial charge is 0.264 e. The van der Waals surface area contributed by atoms with Crippen LogP contribution >= 0.6 is 0 Å². The van der Waals surface area contributed by atoms with Gasteiger partial charge in [-0.3, -0.25) is 4.31 Å². The van der Waals surface area contributed by atoms with E-state index in [0.29, 0.717) is 51.5 Å². The number of unbranched alkanes of at least 4 members (excludes halogenated alkanes) is 3. The summed E-state index contributed by atoms with van der Waals surface area (Å²) in [5.41, 5.74) is 2.60. The average Bonchev–Trinajstić information content (AvgIpc) is 3.51. The van der Waals surface area contributed by atoms with Crippen LogP contribution in [0.2, 0.25) is 0 Å². The molecule has 416 valence electrons. The van der Waals surface area contributed by atoms with Crippen molar-refractivity contribution in [2.45, 2.75) is 91.6 Å². The maximum absolute atomic E-state index is 12.9. The lowest BCUT2D eigenvalue weighted by atomic mass is 10.1. The van der Waals surface area contributed by atoms with Crippen molar-refractivity contribution in [3.05, 3.63) is 199 Å². The summed E-state index contributed by atoms with van der Waals surface area (Å²) >= 11 is 0. The Kier molecular flexibility index (Phi) is 23.9. The second kappa shape index (κ2) is 30.0. The van der Waals surface area contributed by atoms with E-state index < -0.39 is 39.9 Å². The van der Waals surface area contributed by atoms with Gasteiger partial charge in [0.25, 0.3) is 10.0 Å². The Labute approximate surface area is 464 Å². The number of rotatable bonds is 21. The van der Waals surface area contributed by atoms with Crippen LogP contribution in [-0.2, 0) is 45.7 Å². The second-order valence-corrected chi connectivity index (χ2v) is 25.8. The van der Waals surface area contributed by atoms with Gasteiger partial charge in [-0.2, -0.15) is 0 Å². The van der Waals surface area contributed by atoms with Crippen molar-refractivity contribution in [3.63, 3.8) is 0 Å². The van der Waals surface area contributed by atoms with Gasteiger partial charge >= 0.3 is 0 Å². The molecule has 0 atom stereocenters. The zero-order valence-electron chi connectivity index (χ0n) is 45.6. The Hall–Kier alpha value is -6.60. The highest BCUT2D eigenvalue weighted by atomic mass is 32.2. The van der Waals surface area contributed by atoms with Gasteiger partial charge in [0.1, 0.15) is 11.5 Å². The van der Waals surface area contributed by atoms with Gasteiger partial charge < -0.3 is 9.47 Å². The zero-order chi connectivity index (χ0) is 56.8. The first kappa shape index (κ1) is 62.2. The highest BCUT2D eigenvalue weighted by Gasteiger charge is 2.25. The number of anilines is 1. The lowest BCUT2D eigenvalue weighted by Crippen LogP contribution is -2.32. The monoisotopic (exact) mass is 1140 g/mol. The van der Waals surface area contributed by atoms with Crippen molar-refractivity contribution < 1.29 is 43.1 Å². The van der Waals surface area contributed by atoms with E-state index in [9.17, 15) is 33.7 Å². The minimum Gasteiger partial charge on any atom is -0.497 e. The number of sulfone groups is 1. The maximum Gasteiger partial charge on any atom is 0.264 e. The number of nitrogens with one attached hydrogen (secondary N) is 1. The van der Waals surface area contributed by atoms with Crippen molar-refractivity contribution in [1.29, 1.82) is 0 Å². The fourth-order valence-corrected chi connectivity index (χ4v) is 13.5. The molecule has 0 aromatic heterocycles. The number of hydrogen-bond acceptors (Lipinski definition) is 10. The number of ether oxygens (including phenoxy) is 2. The summed E-state index contributed by atoms with van der Waals surface area (Å²) < 4.78 is 116. The average molecular weight is 1140 g/mol. The van der Waals surface area contributed by atoms with Crippen molar-refractivity contribution in [1.82, 2.24) is 9.03 Å². The molecule has 78 heavy (non-hydrogen) atoms. The van der Waals surface area contributed by atoms with E-state index >= 15 is 0 Å². The normalized spacial score (nSPS) is 11.6. The zero-order valence-corrected chi connectivity index (χ0v) is 48.8. The Balaban J connectivity index is 0.000000192. The van der Waals surface area contributed by atoms with Gasteiger partial charge in [-0.05, 0) is 115 Å². The van der Waals surface area contributed by atoms with Gasteiger partial charge in [0.2, 0.25) is 20.0 Å². The fraction of sp³-hybridized carbons (Fsp3) is 0.279. The molecule has 0 bridgehead atoms. The molecule has 0 saturated heterocycles. The molecule has 0 heterocycles. The van der Waals surface area contributed by atoms with Crippen LogP contribution in [0.1, 0.15) is 70.4 Å². The SMILES string of the molecule is CCCCN(C)S(=O)(=O)c1cccc2ccccc12.CCCCN(c1ccccc1)S(=O)(=O)c1ccc(OC)cc1.CCCCNS(=O)(=O)c1cccc2ccccc12.COc1ccc(S(=O)(=O)Cc2ccc(C)cc2)cc1. The molecule has 8 aromatic carbocycles. The number of fused-ring (bicyclic) bond motifs is 2. The van der Waals surface area contributed by atoms with Crippen LogP contribution < -0.4 is 18.5 Å². The van der Waals surface area contributed by atoms with E-state index in [2.05, 4.69) is 11.6 Å². The molecule has 8 aromatic rings. The first-order valence-electron chi connectivity index (χ1n) is 25.9.